The second-order valence-corrected chi connectivity index (χ2v) is 4.24. The minimum atomic E-state index is -0.682. The molecule has 0 aliphatic rings. The zero-order valence-corrected chi connectivity index (χ0v) is 10.2. The van der Waals surface area contributed by atoms with Crippen molar-refractivity contribution in [2.24, 2.45) is 0 Å². The van der Waals surface area contributed by atoms with Crippen LogP contribution < -0.4 is 11.1 Å². The van der Waals surface area contributed by atoms with E-state index in [0.29, 0.717) is 30.9 Å². The van der Waals surface area contributed by atoms with Crippen LogP contribution in [-0.4, -0.2) is 22.2 Å². The number of aromatic nitrogens is 1. The van der Waals surface area contributed by atoms with Crippen molar-refractivity contribution in [3.05, 3.63) is 17.8 Å². The molecule has 1 rings (SSSR count). The Bertz CT molecular complexity index is 348. The van der Waals surface area contributed by atoms with Crippen LogP contribution in [-0.2, 0) is 0 Å². The zero-order valence-electron chi connectivity index (χ0n) is 10.2. The second kappa shape index (κ2) is 5.16. The van der Waals surface area contributed by atoms with Gasteiger partial charge in [-0.2, -0.15) is 0 Å². The summed E-state index contributed by atoms with van der Waals surface area (Å²) in [6.45, 7) is 6.36. The number of hydrogen-bond acceptors (Lipinski definition) is 4. The van der Waals surface area contributed by atoms with Gasteiger partial charge in [-0.15, -0.1) is 0 Å². The van der Waals surface area contributed by atoms with Gasteiger partial charge in [-0.1, -0.05) is 13.8 Å². The van der Waals surface area contributed by atoms with Crippen LogP contribution in [0, 0.1) is 6.92 Å². The maximum Gasteiger partial charge on any atom is 0.149 e. The Balaban J connectivity index is 2.67. The van der Waals surface area contributed by atoms with E-state index in [0.717, 1.165) is 5.56 Å². The van der Waals surface area contributed by atoms with Crippen molar-refractivity contribution in [1.82, 2.24) is 4.98 Å². The molecule has 0 aliphatic carbocycles. The van der Waals surface area contributed by atoms with Crippen LogP contribution in [0.4, 0.5) is 11.5 Å². The standard InChI is InChI=1S/C12H21N3O/c1-4-12(16,5-2)8-15-11-10(13)6-9(3)7-14-11/h6-7,16H,4-5,8,13H2,1-3H3,(H,14,15). The van der Waals surface area contributed by atoms with Crippen LogP contribution in [0.15, 0.2) is 12.3 Å². The van der Waals surface area contributed by atoms with Gasteiger partial charge in [0.1, 0.15) is 5.82 Å². The predicted molar refractivity (Wildman–Crippen MR) is 67.4 cm³/mol. The molecule has 4 nitrogen and oxygen atoms in total. The number of hydrogen-bond donors (Lipinski definition) is 3. The van der Waals surface area contributed by atoms with E-state index >= 15 is 0 Å². The first-order valence-corrected chi connectivity index (χ1v) is 5.69. The van der Waals surface area contributed by atoms with Crippen molar-refractivity contribution in [1.29, 1.82) is 0 Å². The zero-order chi connectivity index (χ0) is 12.2. The average molecular weight is 223 g/mol. The molecule has 0 radical (unpaired) electrons. The molecule has 4 N–H and O–H groups in total. The third kappa shape index (κ3) is 3.10. The first kappa shape index (κ1) is 12.8. The molecule has 0 bridgehead atoms. The average Bonchev–Trinajstić information content (AvgIpc) is 2.27. The predicted octanol–water partition coefficient (Wildman–Crippen LogP) is 1.94. The van der Waals surface area contributed by atoms with Crippen molar-refractivity contribution in [2.75, 3.05) is 17.6 Å². The van der Waals surface area contributed by atoms with Gasteiger partial charge < -0.3 is 16.2 Å². The number of aryl methyl sites for hydroxylation is 1. The van der Waals surface area contributed by atoms with Crippen LogP contribution in [0.1, 0.15) is 32.3 Å². The normalized spacial score (nSPS) is 11.5. The van der Waals surface area contributed by atoms with Gasteiger partial charge >= 0.3 is 0 Å². The monoisotopic (exact) mass is 223 g/mol. The lowest BCUT2D eigenvalue weighted by Gasteiger charge is -2.25. The highest BCUT2D eigenvalue weighted by molar-refractivity contribution is 5.61. The summed E-state index contributed by atoms with van der Waals surface area (Å²) in [6, 6.07) is 1.87. The summed E-state index contributed by atoms with van der Waals surface area (Å²) >= 11 is 0. The van der Waals surface area contributed by atoms with E-state index in [-0.39, 0.29) is 0 Å². The van der Waals surface area contributed by atoms with Gasteiger partial charge in [0, 0.05) is 12.7 Å². The number of nitrogens with two attached hydrogens (primary N) is 1. The summed E-state index contributed by atoms with van der Waals surface area (Å²) in [5.41, 5.74) is 6.80. The number of aliphatic hydroxyl groups is 1. The van der Waals surface area contributed by atoms with E-state index in [9.17, 15) is 5.11 Å². The van der Waals surface area contributed by atoms with Crippen molar-refractivity contribution in [3.8, 4) is 0 Å². The van der Waals surface area contributed by atoms with E-state index in [2.05, 4.69) is 10.3 Å². The number of rotatable bonds is 5. The molecule has 0 aliphatic heterocycles. The third-order valence-corrected chi connectivity index (χ3v) is 2.96. The van der Waals surface area contributed by atoms with Crippen molar-refractivity contribution >= 4 is 11.5 Å². The highest BCUT2D eigenvalue weighted by atomic mass is 16.3. The van der Waals surface area contributed by atoms with E-state index in [1.165, 1.54) is 0 Å². The SMILES string of the molecule is CCC(O)(CC)CNc1ncc(C)cc1N. The smallest absolute Gasteiger partial charge is 0.149 e. The highest BCUT2D eigenvalue weighted by Crippen LogP contribution is 2.19. The van der Waals surface area contributed by atoms with Gasteiger partial charge in [-0.25, -0.2) is 4.98 Å². The van der Waals surface area contributed by atoms with Gasteiger partial charge in [-0.05, 0) is 31.4 Å². The molecular formula is C12H21N3O. The van der Waals surface area contributed by atoms with Gasteiger partial charge in [-0.3, -0.25) is 0 Å². The number of nitrogens with zero attached hydrogens (tertiary/aromatic N) is 1. The van der Waals surface area contributed by atoms with E-state index in [1.54, 1.807) is 6.20 Å². The van der Waals surface area contributed by atoms with Crippen LogP contribution in [0.3, 0.4) is 0 Å². The Kier molecular flexibility index (Phi) is 4.12. The fourth-order valence-corrected chi connectivity index (χ4v) is 1.49. The Morgan fingerprint density at radius 3 is 2.56 bits per heavy atom. The molecule has 0 aromatic carbocycles. The number of anilines is 2. The van der Waals surface area contributed by atoms with E-state index in [4.69, 9.17) is 5.73 Å². The fourth-order valence-electron chi connectivity index (χ4n) is 1.49. The molecule has 4 heteroatoms. The fraction of sp³-hybridized carbons (Fsp3) is 0.583. The molecule has 0 amide bonds. The number of nitrogen functional groups attached to an aromatic ring is 1. The molecular weight excluding hydrogens is 202 g/mol. The highest BCUT2D eigenvalue weighted by Gasteiger charge is 2.22. The molecule has 0 atom stereocenters. The van der Waals surface area contributed by atoms with Gasteiger partial charge in [0.2, 0.25) is 0 Å². The minimum Gasteiger partial charge on any atom is -0.396 e. The Labute approximate surface area is 96.9 Å². The summed E-state index contributed by atoms with van der Waals surface area (Å²) in [7, 11) is 0. The molecule has 1 aromatic rings. The van der Waals surface area contributed by atoms with Gasteiger partial charge in [0.25, 0.3) is 0 Å². The lowest BCUT2D eigenvalue weighted by molar-refractivity contribution is 0.0456. The molecule has 1 heterocycles. The number of nitrogens with one attached hydrogen (secondary N) is 1. The van der Waals surface area contributed by atoms with Crippen molar-refractivity contribution in [2.45, 2.75) is 39.2 Å². The first-order valence-electron chi connectivity index (χ1n) is 5.69. The van der Waals surface area contributed by atoms with Gasteiger partial charge in [0.15, 0.2) is 0 Å². The largest absolute Gasteiger partial charge is 0.396 e. The van der Waals surface area contributed by atoms with Crippen LogP contribution in [0.5, 0.6) is 0 Å². The quantitative estimate of drug-likeness (QED) is 0.713. The minimum absolute atomic E-state index is 0.472. The Morgan fingerprint density at radius 1 is 1.44 bits per heavy atom. The van der Waals surface area contributed by atoms with E-state index < -0.39 is 5.60 Å². The lowest BCUT2D eigenvalue weighted by Crippen LogP contribution is -2.35. The van der Waals surface area contributed by atoms with E-state index in [1.807, 2.05) is 26.8 Å². The topological polar surface area (TPSA) is 71.2 Å². The summed E-state index contributed by atoms with van der Waals surface area (Å²) in [5, 5.41) is 13.2. The second-order valence-electron chi connectivity index (χ2n) is 4.24. The lowest BCUT2D eigenvalue weighted by atomic mass is 9.98. The summed E-state index contributed by atoms with van der Waals surface area (Å²) in [6.07, 6.45) is 3.18. The molecule has 0 spiro atoms. The first-order chi connectivity index (χ1) is 7.50. The molecule has 16 heavy (non-hydrogen) atoms. The summed E-state index contributed by atoms with van der Waals surface area (Å²) < 4.78 is 0. The van der Waals surface area contributed by atoms with Gasteiger partial charge in [0.05, 0.1) is 11.3 Å². The molecule has 0 unspecified atom stereocenters. The Hall–Kier alpha value is -1.29. The maximum absolute atomic E-state index is 10.1. The molecule has 0 saturated heterocycles. The van der Waals surface area contributed by atoms with Crippen LogP contribution in [0.2, 0.25) is 0 Å². The summed E-state index contributed by atoms with van der Waals surface area (Å²) in [5.74, 6) is 0.644. The molecule has 1 aromatic heterocycles. The third-order valence-electron chi connectivity index (χ3n) is 2.96. The van der Waals surface area contributed by atoms with Crippen molar-refractivity contribution in [3.63, 3.8) is 0 Å². The van der Waals surface area contributed by atoms with Crippen molar-refractivity contribution < 1.29 is 5.11 Å². The molecule has 90 valence electrons. The number of pyridine rings is 1. The Morgan fingerprint density at radius 2 is 2.06 bits per heavy atom. The summed E-state index contributed by atoms with van der Waals surface area (Å²) in [4.78, 5) is 4.20. The van der Waals surface area contributed by atoms with Crippen LogP contribution >= 0.6 is 0 Å². The maximum atomic E-state index is 10.1. The molecule has 0 saturated carbocycles. The molecule has 0 fully saturated rings. The van der Waals surface area contributed by atoms with Crippen LogP contribution in [0.25, 0.3) is 0 Å².